The van der Waals surface area contributed by atoms with E-state index < -0.39 is 24.5 Å². The zero-order valence-electron chi connectivity index (χ0n) is 10.3. The van der Waals surface area contributed by atoms with Crippen LogP contribution >= 0.6 is 0 Å². The third kappa shape index (κ3) is 2.01. The fourth-order valence-electron chi connectivity index (χ4n) is 2.05. The Balaban J connectivity index is 1.81. The SMILES string of the molecule is C=C1OC(=O)OC1c1ccc(C2OC(=O)OC2=C)cc1. The average Bonchev–Trinajstić information content (AvgIpc) is 2.92. The van der Waals surface area contributed by atoms with E-state index in [2.05, 4.69) is 13.2 Å². The van der Waals surface area contributed by atoms with Crippen LogP contribution in [0.5, 0.6) is 0 Å². The molecule has 2 unspecified atom stereocenters. The molecule has 0 bridgehead atoms. The van der Waals surface area contributed by atoms with Crippen molar-refractivity contribution in [1.82, 2.24) is 0 Å². The largest absolute Gasteiger partial charge is 0.514 e. The van der Waals surface area contributed by atoms with Crippen molar-refractivity contribution in [2.75, 3.05) is 0 Å². The molecule has 1 aromatic carbocycles. The smallest absolute Gasteiger partial charge is 0.418 e. The van der Waals surface area contributed by atoms with Crippen molar-refractivity contribution in [3.63, 3.8) is 0 Å². The third-order valence-electron chi connectivity index (χ3n) is 2.98. The number of carbonyl (C=O) groups is 2. The minimum Gasteiger partial charge on any atom is -0.418 e. The monoisotopic (exact) mass is 274 g/mol. The van der Waals surface area contributed by atoms with Gasteiger partial charge in [0.25, 0.3) is 0 Å². The van der Waals surface area contributed by atoms with Crippen LogP contribution in [0.2, 0.25) is 0 Å². The summed E-state index contributed by atoms with van der Waals surface area (Å²) >= 11 is 0. The topological polar surface area (TPSA) is 71.1 Å². The molecule has 1 aromatic rings. The van der Waals surface area contributed by atoms with E-state index in [1.54, 1.807) is 24.3 Å². The van der Waals surface area contributed by atoms with Crippen LogP contribution in [0.25, 0.3) is 0 Å². The molecule has 20 heavy (non-hydrogen) atoms. The second kappa shape index (κ2) is 4.41. The average molecular weight is 274 g/mol. The molecule has 0 aromatic heterocycles. The predicted molar refractivity (Wildman–Crippen MR) is 65.3 cm³/mol. The van der Waals surface area contributed by atoms with Crippen LogP contribution < -0.4 is 0 Å². The van der Waals surface area contributed by atoms with E-state index in [-0.39, 0.29) is 11.5 Å². The number of rotatable bonds is 2. The lowest BCUT2D eigenvalue weighted by Gasteiger charge is -2.11. The van der Waals surface area contributed by atoms with Crippen molar-refractivity contribution in [3.8, 4) is 0 Å². The van der Waals surface area contributed by atoms with Crippen LogP contribution in [0.1, 0.15) is 23.3 Å². The summed E-state index contributed by atoms with van der Waals surface area (Å²) < 4.78 is 19.4. The molecule has 2 aliphatic rings. The molecule has 0 radical (unpaired) electrons. The Hall–Kier alpha value is -2.76. The van der Waals surface area contributed by atoms with Gasteiger partial charge in [-0.05, 0) is 0 Å². The summed E-state index contributed by atoms with van der Waals surface area (Å²) in [6, 6.07) is 6.91. The molecule has 0 N–H and O–H groups in total. The zero-order chi connectivity index (χ0) is 14.3. The maximum absolute atomic E-state index is 11.0. The van der Waals surface area contributed by atoms with Gasteiger partial charge in [0.15, 0.2) is 12.2 Å². The molecule has 2 heterocycles. The van der Waals surface area contributed by atoms with Crippen LogP contribution in [0.4, 0.5) is 9.59 Å². The first-order valence-electron chi connectivity index (χ1n) is 5.79. The van der Waals surface area contributed by atoms with E-state index in [4.69, 9.17) is 18.9 Å². The Morgan fingerprint density at radius 3 is 1.35 bits per heavy atom. The Morgan fingerprint density at radius 1 is 0.750 bits per heavy atom. The van der Waals surface area contributed by atoms with E-state index in [0.717, 1.165) is 0 Å². The van der Waals surface area contributed by atoms with Crippen LogP contribution in [0.3, 0.4) is 0 Å². The van der Waals surface area contributed by atoms with Crippen molar-refractivity contribution in [1.29, 1.82) is 0 Å². The van der Waals surface area contributed by atoms with Gasteiger partial charge < -0.3 is 18.9 Å². The summed E-state index contributed by atoms with van der Waals surface area (Å²) in [6.45, 7) is 7.23. The molecule has 2 aliphatic heterocycles. The highest BCUT2D eigenvalue weighted by Gasteiger charge is 2.33. The molecule has 6 nitrogen and oxygen atoms in total. The number of cyclic esters (lactones) is 4. The van der Waals surface area contributed by atoms with Crippen LogP contribution in [0, 0.1) is 0 Å². The van der Waals surface area contributed by atoms with Crippen LogP contribution in [-0.4, -0.2) is 12.3 Å². The quantitative estimate of drug-likeness (QED) is 0.771. The molecule has 0 aliphatic carbocycles. The van der Waals surface area contributed by atoms with Gasteiger partial charge >= 0.3 is 12.3 Å². The number of hydrogen-bond acceptors (Lipinski definition) is 6. The standard InChI is InChI=1S/C14H10O6/c1-7-11(19-13(15)17-7)9-3-5-10(6-4-9)12-8(2)18-14(16)20-12/h3-6,11-12H,1-2H2. The summed E-state index contributed by atoms with van der Waals surface area (Å²) in [6.07, 6.45) is -2.78. The minimum atomic E-state index is -0.768. The van der Waals surface area contributed by atoms with Crippen molar-refractivity contribution >= 4 is 12.3 Å². The van der Waals surface area contributed by atoms with Crippen molar-refractivity contribution < 1.29 is 28.5 Å². The number of hydrogen-bond donors (Lipinski definition) is 0. The fourth-order valence-corrected chi connectivity index (χ4v) is 2.05. The van der Waals surface area contributed by atoms with Gasteiger partial charge in [-0.25, -0.2) is 9.59 Å². The highest BCUT2D eigenvalue weighted by molar-refractivity contribution is 5.66. The first-order chi connectivity index (χ1) is 9.54. The first kappa shape index (κ1) is 12.3. The molecule has 2 fully saturated rings. The predicted octanol–water partition coefficient (Wildman–Crippen LogP) is 3.13. The van der Waals surface area contributed by atoms with Crippen molar-refractivity contribution in [2.45, 2.75) is 12.2 Å². The van der Waals surface area contributed by atoms with Gasteiger partial charge in [0.1, 0.15) is 11.5 Å². The van der Waals surface area contributed by atoms with E-state index in [0.29, 0.717) is 11.1 Å². The third-order valence-corrected chi connectivity index (χ3v) is 2.98. The lowest BCUT2D eigenvalue weighted by atomic mass is 10.0. The van der Waals surface area contributed by atoms with Gasteiger partial charge in [0, 0.05) is 11.1 Å². The van der Waals surface area contributed by atoms with Gasteiger partial charge in [-0.1, -0.05) is 37.4 Å². The molecule has 6 heteroatoms. The fraction of sp³-hybridized carbons (Fsp3) is 0.143. The van der Waals surface area contributed by atoms with E-state index in [1.807, 2.05) is 0 Å². The Kier molecular flexibility index (Phi) is 2.71. The van der Waals surface area contributed by atoms with Crippen molar-refractivity contribution in [2.24, 2.45) is 0 Å². The normalized spacial score (nSPS) is 25.0. The second-order valence-electron chi connectivity index (χ2n) is 4.30. The molecule has 102 valence electrons. The maximum Gasteiger partial charge on any atom is 0.514 e. The summed E-state index contributed by atoms with van der Waals surface area (Å²) in [7, 11) is 0. The summed E-state index contributed by atoms with van der Waals surface area (Å²) in [4.78, 5) is 22.0. The molecule has 2 atom stereocenters. The van der Waals surface area contributed by atoms with Crippen LogP contribution in [0.15, 0.2) is 48.9 Å². The molecule has 0 spiro atoms. The number of ether oxygens (including phenoxy) is 4. The zero-order valence-corrected chi connectivity index (χ0v) is 10.3. The lowest BCUT2D eigenvalue weighted by Crippen LogP contribution is -2.02. The summed E-state index contributed by atoms with van der Waals surface area (Å²) in [5.41, 5.74) is 1.42. The Bertz CT molecular complexity index is 560. The molecule has 2 saturated heterocycles. The summed E-state index contributed by atoms with van der Waals surface area (Å²) in [5, 5.41) is 0. The number of carbonyl (C=O) groups excluding carboxylic acids is 2. The number of benzene rings is 1. The van der Waals surface area contributed by atoms with Crippen LogP contribution in [-0.2, 0) is 18.9 Å². The van der Waals surface area contributed by atoms with Gasteiger partial charge in [-0.3, -0.25) is 0 Å². The Morgan fingerprint density at radius 2 is 1.10 bits per heavy atom. The highest BCUT2D eigenvalue weighted by atomic mass is 16.8. The second-order valence-corrected chi connectivity index (χ2v) is 4.30. The molecular formula is C14H10O6. The van der Waals surface area contributed by atoms with E-state index in [9.17, 15) is 9.59 Å². The van der Waals surface area contributed by atoms with E-state index in [1.165, 1.54) is 0 Å². The van der Waals surface area contributed by atoms with Gasteiger partial charge in [-0.15, -0.1) is 0 Å². The first-order valence-corrected chi connectivity index (χ1v) is 5.79. The molecule has 0 saturated carbocycles. The maximum atomic E-state index is 11.0. The lowest BCUT2D eigenvalue weighted by molar-refractivity contribution is 0.117. The molecule has 0 amide bonds. The van der Waals surface area contributed by atoms with Gasteiger partial charge in [-0.2, -0.15) is 0 Å². The van der Waals surface area contributed by atoms with Crippen molar-refractivity contribution in [3.05, 3.63) is 60.1 Å². The Labute approximate surface area is 114 Å². The van der Waals surface area contributed by atoms with E-state index >= 15 is 0 Å². The summed E-state index contributed by atoms with van der Waals surface area (Å²) in [5.74, 6) is 0.477. The van der Waals surface area contributed by atoms with Gasteiger partial charge in [0.2, 0.25) is 0 Å². The molecule has 3 rings (SSSR count). The highest BCUT2D eigenvalue weighted by Crippen LogP contribution is 2.35. The minimum absolute atomic E-state index is 0.239. The van der Waals surface area contributed by atoms with Gasteiger partial charge in [0.05, 0.1) is 0 Å². The molecular weight excluding hydrogens is 264 g/mol.